The molecule has 0 aromatic heterocycles. The largest absolute Gasteiger partial charge is 0.478 e. The van der Waals surface area contributed by atoms with Crippen LogP contribution in [0.5, 0.6) is 0 Å². The Balaban J connectivity index is 3.34. The van der Waals surface area contributed by atoms with Gasteiger partial charge in [-0.25, -0.2) is 4.79 Å². The maximum atomic E-state index is 10.9. The van der Waals surface area contributed by atoms with E-state index < -0.39 is 5.97 Å². The van der Waals surface area contributed by atoms with Crippen molar-refractivity contribution in [1.82, 2.24) is 0 Å². The van der Waals surface area contributed by atoms with Gasteiger partial charge in [-0.2, -0.15) is 0 Å². The standard InChI is InChI=1S/C10H10BrNO3/c1-5-8(11)4-3-7(10(14)15)9(5)12-6(2)13/h3-4H,1-2H3,(H,12,13)(H,14,15). The zero-order valence-electron chi connectivity index (χ0n) is 8.30. The zero-order chi connectivity index (χ0) is 11.6. The molecule has 0 bridgehead atoms. The van der Waals surface area contributed by atoms with Gasteiger partial charge in [-0.1, -0.05) is 15.9 Å². The van der Waals surface area contributed by atoms with E-state index in [4.69, 9.17) is 5.11 Å². The number of hydrogen-bond donors (Lipinski definition) is 2. The minimum Gasteiger partial charge on any atom is -0.478 e. The van der Waals surface area contributed by atoms with Gasteiger partial charge in [0.1, 0.15) is 0 Å². The van der Waals surface area contributed by atoms with Crippen LogP contribution in [0.2, 0.25) is 0 Å². The van der Waals surface area contributed by atoms with Gasteiger partial charge in [0.05, 0.1) is 11.3 Å². The van der Waals surface area contributed by atoms with Crippen LogP contribution in [0.4, 0.5) is 5.69 Å². The lowest BCUT2D eigenvalue weighted by molar-refractivity contribution is -0.114. The van der Waals surface area contributed by atoms with Gasteiger partial charge in [0.2, 0.25) is 5.91 Å². The number of carboxylic acids is 1. The van der Waals surface area contributed by atoms with Crippen LogP contribution in [-0.4, -0.2) is 17.0 Å². The molecule has 4 nitrogen and oxygen atoms in total. The second-order valence-electron chi connectivity index (χ2n) is 3.08. The Labute approximate surface area is 95.4 Å². The Bertz CT molecular complexity index is 429. The molecule has 1 rings (SSSR count). The number of anilines is 1. The molecule has 0 atom stereocenters. The lowest BCUT2D eigenvalue weighted by Gasteiger charge is -2.11. The fraction of sp³-hybridized carbons (Fsp3) is 0.200. The van der Waals surface area contributed by atoms with Crippen LogP contribution in [0.1, 0.15) is 22.8 Å². The quantitative estimate of drug-likeness (QED) is 0.868. The molecule has 15 heavy (non-hydrogen) atoms. The number of nitrogens with one attached hydrogen (secondary N) is 1. The molecule has 0 unspecified atom stereocenters. The van der Waals surface area contributed by atoms with Crippen molar-refractivity contribution >= 4 is 33.5 Å². The second-order valence-corrected chi connectivity index (χ2v) is 3.94. The van der Waals surface area contributed by atoms with Crippen molar-refractivity contribution in [1.29, 1.82) is 0 Å². The average Bonchev–Trinajstić information content (AvgIpc) is 2.12. The lowest BCUT2D eigenvalue weighted by atomic mass is 10.1. The molecule has 1 aromatic rings. The zero-order valence-corrected chi connectivity index (χ0v) is 9.88. The molecular weight excluding hydrogens is 262 g/mol. The van der Waals surface area contributed by atoms with Gasteiger partial charge < -0.3 is 10.4 Å². The van der Waals surface area contributed by atoms with Gasteiger partial charge in [-0.05, 0) is 24.6 Å². The van der Waals surface area contributed by atoms with E-state index in [0.717, 1.165) is 4.47 Å². The van der Waals surface area contributed by atoms with E-state index in [2.05, 4.69) is 21.2 Å². The van der Waals surface area contributed by atoms with Gasteiger partial charge in [0.25, 0.3) is 0 Å². The Kier molecular flexibility index (Phi) is 3.47. The summed E-state index contributed by atoms with van der Waals surface area (Å²) in [6.07, 6.45) is 0. The molecule has 0 aliphatic carbocycles. The highest BCUT2D eigenvalue weighted by atomic mass is 79.9. The number of carbonyl (C=O) groups excluding carboxylic acids is 1. The Morgan fingerprint density at radius 3 is 2.47 bits per heavy atom. The average molecular weight is 272 g/mol. The van der Waals surface area contributed by atoms with Crippen LogP contribution in [-0.2, 0) is 4.79 Å². The first-order valence-corrected chi connectivity index (χ1v) is 5.02. The summed E-state index contributed by atoms with van der Waals surface area (Å²) in [5.74, 6) is -1.35. The van der Waals surface area contributed by atoms with Crippen molar-refractivity contribution in [3.05, 3.63) is 27.7 Å². The smallest absolute Gasteiger partial charge is 0.337 e. The normalized spacial score (nSPS) is 9.80. The Morgan fingerprint density at radius 2 is 2.00 bits per heavy atom. The van der Waals surface area contributed by atoms with Gasteiger partial charge in [0, 0.05) is 11.4 Å². The molecule has 0 aliphatic heterocycles. The fourth-order valence-electron chi connectivity index (χ4n) is 1.20. The van der Waals surface area contributed by atoms with Crippen LogP contribution in [0.3, 0.4) is 0 Å². The number of halogens is 1. The van der Waals surface area contributed by atoms with Gasteiger partial charge in [-0.15, -0.1) is 0 Å². The number of carboxylic acid groups (broad SMARTS) is 1. The predicted octanol–water partition coefficient (Wildman–Crippen LogP) is 2.41. The topological polar surface area (TPSA) is 66.4 Å². The van der Waals surface area contributed by atoms with E-state index in [9.17, 15) is 9.59 Å². The number of hydrogen-bond acceptors (Lipinski definition) is 2. The molecule has 0 heterocycles. The van der Waals surface area contributed by atoms with Crippen LogP contribution in [0.15, 0.2) is 16.6 Å². The third kappa shape index (κ3) is 2.56. The minimum atomic E-state index is -1.06. The van der Waals surface area contributed by atoms with Crippen LogP contribution >= 0.6 is 15.9 Å². The van der Waals surface area contributed by atoms with E-state index >= 15 is 0 Å². The third-order valence-corrected chi connectivity index (χ3v) is 2.79. The number of carbonyl (C=O) groups is 2. The maximum Gasteiger partial charge on any atom is 0.337 e. The highest BCUT2D eigenvalue weighted by molar-refractivity contribution is 9.10. The van der Waals surface area contributed by atoms with Crippen molar-refractivity contribution in [3.63, 3.8) is 0 Å². The van der Waals surface area contributed by atoms with Crippen LogP contribution < -0.4 is 5.32 Å². The highest BCUT2D eigenvalue weighted by Gasteiger charge is 2.14. The van der Waals surface area contributed by atoms with E-state index in [0.29, 0.717) is 11.3 Å². The number of rotatable bonds is 2. The van der Waals surface area contributed by atoms with Gasteiger partial charge in [-0.3, -0.25) is 4.79 Å². The number of aromatic carboxylic acids is 1. The molecular formula is C10H10BrNO3. The lowest BCUT2D eigenvalue weighted by Crippen LogP contribution is -2.12. The molecule has 0 fully saturated rings. The van der Waals surface area contributed by atoms with Crippen molar-refractivity contribution in [2.24, 2.45) is 0 Å². The fourth-order valence-corrected chi connectivity index (χ4v) is 1.53. The SMILES string of the molecule is CC(=O)Nc1c(C(=O)O)ccc(Br)c1C. The van der Waals surface area contributed by atoms with Crippen molar-refractivity contribution in [2.45, 2.75) is 13.8 Å². The van der Waals surface area contributed by atoms with Crippen molar-refractivity contribution in [2.75, 3.05) is 5.32 Å². The summed E-state index contributed by atoms with van der Waals surface area (Å²) in [4.78, 5) is 21.8. The highest BCUT2D eigenvalue weighted by Crippen LogP contribution is 2.27. The Hall–Kier alpha value is -1.36. The van der Waals surface area contributed by atoms with Crippen LogP contribution in [0, 0.1) is 6.92 Å². The summed E-state index contributed by atoms with van der Waals surface area (Å²) in [6, 6.07) is 3.09. The molecule has 0 radical (unpaired) electrons. The molecule has 0 saturated carbocycles. The molecule has 0 spiro atoms. The first-order chi connectivity index (χ1) is 6.93. The molecule has 0 saturated heterocycles. The van der Waals surface area contributed by atoms with E-state index in [1.54, 1.807) is 13.0 Å². The number of amides is 1. The number of benzene rings is 1. The molecule has 1 amide bonds. The third-order valence-electron chi connectivity index (χ3n) is 1.93. The first-order valence-electron chi connectivity index (χ1n) is 4.23. The molecule has 2 N–H and O–H groups in total. The van der Waals surface area contributed by atoms with E-state index in [1.165, 1.54) is 13.0 Å². The molecule has 5 heteroatoms. The summed E-state index contributed by atoms with van der Waals surface area (Å²) in [6.45, 7) is 3.08. The predicted molar refractivity (Wildman–Crippen MR) is 60.1 cm³/mol. The van der Waals surface area contributed by atoms with Crippen LogP contribution in [0.25, 0.3) is 0 Å². The summed E-state index contributed by atoms with van der Waals surface area (Å²) >= 11 is 3.28. The van der Waals surface area contributed by atoms with E-state index in [1.807, 2.05) is 0 Å². The summed E-state index contributed by atoms with van der Waals surface area (Å²) < 4.78 is 0.760. The van der Waals surface area contributed by atoms with Gasteiger partial charge >= 0.3 is 5.97 Å². The minimum absolute atomic E-state index is 0.0888. The van der Waals surface area contributed by atoms with Crippen molar-refractivity contribution < 1.29 is 14.7 Å². The second kappa shape index (κ2) is 4.44. The summed E-state index contributed by atoms with van der Waals surface area (Å²) in [5, 5.41) is 11.4. The first kappa shape index (κ1) is 11.7. The maximum absolute atomic E-state index is 10.9. The Morgan fingerprint density at radius 1 is 1.40 bits per heavy atom. The summed E-state index contributed by atoms with van der Waals surface area (Å²) in [7, 11) is 0. The molecule has 1 aromatic carbocycles. The summed E-state index contributed by atoms with van der Waals surface area (Å²) in [5.41, 5.74) is 1.13. The molecule has 80 valence electrons. The van der Waals surface area contributed by atoms with E-state index in [-0.39, 0.29) is 11.5 Å². The van der Waals surface area contributed by atoms with Crippen molar-refractivity contribution in [3.8, 4) is 0 Å². The molecule has 0 aliphatic rings. The van der Waals surface area contributed by atoms with Gasteiger partial charge in [0.15, 0.2) is 0 Å². The monoisotopic (exact) mass is 271 g/mol.